The van der Waals surface area contributed by atoms with Crippen LogP contribution in [0.4, 0.5) is 5.69 Å². The van der Waals surface area contributed by atoms with E-state index in [4.69, 9.17) is 5.26 Å². The van der Waals surface area contributed by atoms with Crippen LogP contribution in [0.3, 0.4) is 0 Å². The van der Waals surface area contributed by atoms with Gasteiger partial charge in [0, 0.05) is 16.7 Å². The van der Waals surface area contributed by atoms with Crippen molar-refractivity contribution in [1.29, 1.82) is 5.26 Å². The lowest BCUT2D eigenvalue weighted by atomic mass is 10.1. The molecule has 0 spiro atoms. The van der Waals surface area contributed by atoms with Crippen LogP contribution >= 0.6 is 15.9 Å². The van der Waals surface area contributed by atoms with Gasteiger partial charge in [-0.05, 0) is 29.3 Å². The summed E-state index contributed by atoms with van der Waals surface area (Å²) in [6.07, 6.45) is 0.0838. The van der Waals surface area contributed by atoms with Crippen molar-refractivity contribution < 1.29 is 9.59 Å². The van der Waals surface area contributed by atoms with Crippen LogP contribution in [-0.2, 0) is 22.6 Å². The van der Waals surface area contributed by atoms with Crippen LogP contribution in [0.25, 0.3) is 0 Å². The van der Waals surface area contributed by atoms with Crippen LogP contribution in [-0.4, -0.2) is 11.8 Å². The molecular formula is C18H16BrN3O2. The summed E-state index contributed by atoms with van der Waals surface area (Å²) >= 11 is 3.36. The largest absolute Gasteiger partial charge is 0.352 e. The maximum Gasteiger partial charge on any atom is 0.238 e. The number of hydrogen-bond donors (Lipinski definition) is 2. The van der Waals surface area contributed by atoms with Crippen LogP contribution < -0.4 is 10.6 Å². The van der Waals surface area contributed by atoms with E-state index < -0.39 is 0 Å². The third-order valence-electron chi connectivity index (χ3n) is 3.29. The Morgan fingerprint density at radius 3 is 2.46 bits per heavy atom. The number of para-hydroxylation sites is 1. The molecule has 0 heterocycles. The Balaban J connectivity index is 1.94. The molecule has 0 radical (unpaired) electrons. The lowest BCUT2D eigenvalue weighted by Crippen LogP contribution is -2.25. The van der Waals surface area contributed by atoms with E-state index >= 15 is 0 Å². The van der Waals surface area contributed by atoms with Crippen molar-refractivity contribution in [2.75, 3.05) is 5.32 Å². The van der Waals surface area contributed by atoms with Crippen LogP contribution in [0.2, 0.25) is 0 Å². The van der Waals surface area contributed by atoms with Gasteiger partial charge in [0.1, 0.15) is 6.42 Å². The van der Waals surface area contributed by atoms with Gasteiger partial charge in [0.15, 0.2) is 0 Å². The summed E-state index contributed by atoms with van der Waals surface area (Å²) in [5, 5.41) is 14.1. The predicted octanol–water partition coefficient (Wildman–Crippen LogP) is 3.16. The summed E-state index contributed by atoms with van der Waals surface area (Å²) in [5.74, 6) is -0.471. The molecule has 0 unspecified atom stereocenters. The van der Waals surface area contributed by atoms with Crippen molar-refractivity contribution in [3.05, 3.63) is 64.1 Å². The molecule has 0 fully saturated rings. The van der Waals surface area contributed by atoms with Gasteiger partial charge in [-0.25, -0.2) is 0 Å². The average molecular weight is 386 g/mol. The molecule has 0 bridgehead atoms. The van der Waals surface area contributed by atoms with Gasteiger partial charge in [-0.1, -0.05) is 46.3 Å². The van der Waals surface area contributed by atoms with E-state index in [2.05, 4.69) is 26.6 Å². The molecule has 122 valence electrons. The molecular weight excluding hydrogens is 370 g/mol. The van der Waals surface area contributed by atoms with E-state index in [1.807, 2.05) is 36.4 Å². The molecule has 24 heavy (non-hydrogen) atoms. The van der Waals surface area contributed by atoms with E-state index in [0.717, 1.165) is 15.6 Å². The van der Waals surface area contributed by atoms with Gasteiger partial charge in [0.05, 0.1) is 12.5 Å². The predicted molar refractivity (Wildman–Crippen MR) is 95.0 cm³/mol. The van der Waals surface area contributed by atoms with Gasteiger partial charge < -0.3 is 10.6 Å². The Labute approximate surface area is 148 Å². The van der Waals surface area contributed by atoms with Gasteiger partial charge in [0.2, 0.25) is 11.8 Å². The second kappa shape index (κ2) is 8.85. The number of nitriles is 1. The summed E-state index contributed by atoms with van der Waals surface area (Å²) in [7, 11) is 0. The summed E-state index contributed by atoms with van der Waals surface area (Å²) < 4.78 is 0.966. The first-order chi connectivity index (χ1) is 11.6. The summed E-state index contributed by atoms with van der Waals surface area (Å²) in [5.41, 5.74) is 2.31. The Hall–Kier alpha value is -2.65. The van der Waals surface area contributed by atoms with Crippen LogP contribution in [0, 0.1) is 11.3 Å². The fourth-order valence-electron chi connectivity index (χ4n) is 2.11. The van der Waals surface area contributed by atoms with Crippen LogP contribution in [0.5, 0.6) is 0 Å². The Morgan fingerprint density at radius 2 is 1.75 bits per heavy atom. The van der Waals surface area contributed by atoms with E-state index in [-0.39, 0.29) is 24.7 Å². The summed E-state index contributed by atoms with van der Waals surface area (Å²) in [6, 6.07) is 16.5. The van der Waals surface area contributed by atoms with Gasteiger partial charge in [-0.15, -0.1) is 0 Å². The molecule has 0 atom stereocenters. The van der Waals surface area contributed by atoms with Crippen LogP contribution in [0.15, 0.2) is 53.0 Å². The lowest BCUT2D eigenvalue weighted by molar-refractivity contribution is -0.120. The highest BCUT2D eigenvalue weighted by Crippen LogP contribution is 2.15. The first-order valence-electron chi connectivity index (χ1n) is 7.34. The fourth-order valence-corrected chi connectivity index (χ4v) is 2.37. The first-order valence-corrected chi connectivity index (χ1v) is 8.13. The third kappa shape index (κ3) is 5.52. The molecule has 2 aromatic rings. The Kier molecular flexibility index (Phi) is 6.52. The molecule has 2 aromatic carbocycles. The minimum Gasteiger partial charge on any atom is -0.352 e. The Bertz CT molecular complexity index is 767. The van der Waals surface area contributed by atoms with Gasteiger partial charge in [-0.2, -0.15) is 5.26 Å². The normalized spacial score (nSPS) is 9.83. The summed E-state index contributed by atoms with van der Waals surface area (Å²) in [4.78, 5) is 23.6. The monoisotopic (exact) mass is 385 g/mol. The zero-order valence-electron chi connectivity index (χ0n) is 12.9. The van der Waals surface area contributed by atoms with Crippen molar-refractivity contribution in [1.82, 2.24) is 5.32 Å². The molecule has 0 aromatic heterocycles. The SMILES string of the molecule is N#CCC(=O)Nc1ccccc1CNC(=O)Cc1ccc(Br)cc1. The van der Waals surface area contributed by atoms with Crippen molar-refractivity contribution in [2.24, 2.45) is 0 Å². The number of halogens is 1. The average Bonchev–Trinajstić information content (AvgIpc) is 2.56. The maximum absolute atomic E-state index is 12.1. The first kappa shape index (κ1) is 17.7. The zero-order chi connectivity index (χ0) is 17.4. The summed E-state index contributed by atoms with van der Waals surface area (Å²) in [6.45, 7) is 0.304. The second-order valence-corrected chi connectivity index (χ2v) is 6.04. The standard InChI is InChI=1S/C18H16BrN3O2/c19-15-7-5-13(6-8-15)11-18(24)21-12-14-3-1-2-4-16(14)22-17(23)9-10-20/h1-8H,9,11-12H2,(H,21,24)(H,22,23). The van der Waals surface area contributed by atoms with E-state index in [1.54, 1.807) is 18.2 Å². The number of rotatable bonds is 6. The maximum atomic E-state index is 12.1. The molecule has 0 aliphatic heterocycles. The van der Waals surface area contributed by atoms with Gasteiger partial charge in [0.25, 0.3) is 0 Å². The number of nitrogens with one attached hydrogen (secondary N) is 2. The highest BCUT2D eigenvalue weighted by molar-refractivity contribution is 9.10. The molecule has 0 aliphatic carbocycles. The number of hydrogen-bond acceptors (Lipinski definition) is 3. The number of carbonyl (C=O) groups is 2. The van der Waals surface area contributed by atoms with E-state index in [0.29, 0.717) is 12.2 Å². The van der Waals surface area contributed by atoms with E-state index in [1.165, 1.54) is 0 Å². The lowest BCUT2D eigenvalue weighted by Gasteiger charge is -2.11. The highest BCUT2D eigenvalue weighted by Gasteiger charge is 2.08. The van der Waals surface area contributed by atoms with Crippen molar-refractivity contribution in [3.63, 3.8) is 0 Å². The van der Waals surface area contributed by atoms with E-state index in [9.17, 15) is 9.59 Å². The smallest absolute Gasteiger partial charge is 0.238 e. The number of anilines is 1. The molecule has 6 heteroatoms. The molecule has 0 aliphatic rings. The van der Waals surface area contributed by atoms with Crippen molar-refractivity contribution in [3.8, 4) is 6.07 Å². The zero-order valence-corrected chi connectivity index (χ0v) is 14.5. The van der Waals surface area contributed by atoms with Gasteiger partial charge in [-0.3, -0.25) is 9.59 Å². The minimum atomic E-state index is -0.369. The number of amides is 2. The molecule has 0 saturated carbocycles. The fraction of sp³-hybridized carbons (Fsp3) is 0.167. The van der Waals surface area contributed by atoms with Gasteiger partial charge >= 0.3 is 0 Å². The number of benzene rings is 2. The molecule has 2 N–H and O–H groups in total. The number of carbonyl (C=O) groups excluding carboxylic acids is 2. The molecule has 2 rings (SSSR count). The Morgan fingerprint density at radius 1 is 1.04 bits per heavy atom. The molecule has 2 amide bonds. The minimum absolute atomic E-state index is 0.101. The third-order valence-corrected chi connectivity index (χ3v) is 3.81. The molecule has 0 saturated heterocycles. The molecule has 5 nitrogen and oxygen atoms in total. The number of nitrogens with zero attached hydrogens (tertiary/aromatic N) is 1. The van der Waals surface area contributed by atoms with Crippen molar-refractivity contribution in [2.45, 2.75) is 19.4 Å². The van der Waals surface area contributed by atoms with Crippen molar-refractivity contribution >= 4 is 33.4 Å². The second-order valence-electron chi connectivity index (χ2n) is 5.12. The quantitative estimate of drug-likeness (QED) is 0.800. The van der Waals surface area contributed by atoms with Crippen LogP contribution in [0.1, 0.15) is 17.5 Å². The highest BCUT2D eigenvalue weighted by atomic mass is 79.9. The topological polar surface area (TPSA) is 82.0 Å².